The van der Waals surface area contributed by atoms with Gasteiger partial charge in [0.25, 0.3) is 5.56 Å². The topological polar surface area (TPSA) is 172 Å². The van der Waals surface area contributed by atoms with Crippen molar-refractivity contribution < 1.29 is 28.5 Å². The highest BCUT2D eigenvalue weighted by atomic mass is 16.5. The molecular formula is C37H44N6O8. The molecule has 0 spiro atoms. The molecule has 1 aromatic heterocycles. The van der Waals surface area contributed by atoms with Gasteiger partial charge in [0.2, 0.25) is 23.0 Å². The van der Waals surface area contributed by atoms with Crippen molar-refractivity contribution >= 4 is 34.1 Å². The van der Waals surface area contributed by atoms with Crippen molar-refractivity contribution in [3.8, 4) is 28.4 Å². The number of anilines is 2. The zero-order chi connectivity index (χ0) is 36.5. The zero-order valence-corrected chi connectivity index (χ0v) is 29.6. The molecule has 0 unspecified atom stereocenters. The van der Waals surface area contributed by atoms with Crippen LogP contribution in [0.2, 0.25) is 0 Å². The van der Waals surface area contributed by atoms with E-state index in [1.165, 1.54) is 11.6 Å². The number of hydrogen-bond donors (Lipinski definition) is 3. The number of methoxy groups -OCH3 is 4. The van der Waals surface area contributed by atoms with Gasteiger partial charge in [0.05, 0.1) is 51.6 Å². The van der Waals surface area contributed by atoms with Gasteiger partial charge in [0, 0.05) is 38.2 Å². The predicted octanol–water partition coefficient (Wildman–Crippen LogP) is 4.23. The summed E-state index contributed by atoms with van der Waals surface area (Å²) >= 11 is 0. The van der Waals surface area contributed by atoms with Crippen LogP contribution < -0.4 is 41.1 Å². The molecule has 0 fully saturated rings. The number of unbranched alkanes of at least 4 members (excludes halogenated alkanes) is 2. The van der Waals surface area contributed by atoms with Crippen LogP contribution in [0.5, 0.6) is 17.2 Å². The van der Waals surface area contributed by atoms with E-state index in [-0.39, 0.29) is 29.3 Å². The van der Waals surface area contributed by atoms with Crippen molar-refractivity contribution in [2.45, 2.75) is 58.0 Å². The Hall–Kier alpha value is -5.50. The largest absolute Gasteiger partial charge is 0.493 e. The summed E-state index contributed by atoms with van der Waals surface area (Å²) < 4.78 is 23.4. The lowest BCUT2D eigenvalue weighted by atomic mass is 9.95. The Morgan fingerprint density at radius 3 is 2.47 bits per heavy atom. The van der Waals surface area contributed by atoms with E-state index in [0.717, 1.165) is 29.5 Å². The average Bonchev–Trinajstić information content (AvgIpc) is 3.36. The molecule has 3 aromatic carbocycles. The number of benzene rings is 2. The normalized spacial score (nSPS) is 13.4. The summed E-state index contributed by atoms with van der Waals surface area (Å²) in [6.07, 6.45) is 3.59. The molecule has 0 saturated carbocycles. The summed E-state index contributed by atoms with van der Waals surface area (Å²) in [5.74, 6) is 1.11. The smallest absolute Gasteiger partial charge is 0.277 e. The molecule has 4 aromatic rings. The second-order valence-electron chi connectivity index (χ2n) is 12.2. The first-order chi connectivity index (χ1) is 24.7. The second kappa shape index (κ2) is 16.9. The van der Waals surface area contributed by atoms with Gasteiger partial charge in [-0.05, 0) is 78.8 Å². The fraction of sp³-hybridized carbons (Fsp3) is 0.405. The maximum atomic E-state index is 13.5. The Balaban J connectivity index is 1.24. The highest BCUT2D eigenvalue weighted by Gasteiger charge is 2.29. The number of ether oxygens (including phenoxy) is 4. The average molecular weight is 701 g/mol. The summed E-state index contributed by atoms with van der Waals surface area (Å²) in [5, 5.41) is 17.5. The number of amides is 2. The number of carbonyl (C=O) groups is 2. The predicted molar refractivity (Wildman–Crippen MR) is 194 cm³/mol. The number of carbonyl (C=O) groups excluding carboxylic acids is 2. The van der Waals surface area contributed by atoms with Crippen molar-refractivity contribution in [1.29, 1.82) is 0 Å². The first-order valence-electron chi connectivity index (χ1n) is 16.9. The summed E-state index contributed by atoms with van der Waals surface area (Å²) in [7, 11) is 6.22. The Morgan fingerprint density at radius 1 is 0.941 bits per heavy atom. The maximum absolute atomic E-state index is 13.5. The minimum absolute atomic E-state index is 0.166. The van der Waals surface area contributed by atoms with Crippen LogP contribution in [-0.4, -0.2) is 68.4 Å². The van der Waals surface area contributed by atoms with E-state index < -0.39 is 6.04 Å². The molecule has 14 heteroatoms. The van der Waals surface area contributed by atoms with Crippen molar-refractivity contribution in [2.24, 2.45) is 0 Å². The van der Waals surface area contributed by atoms with E-state index in [9.17, 15) is 19.2 Å². The maximum Gasteiger partial charge on any atom is 0.277 e. The third-order valence-electron chi connectivity index (χ3n) is 8.82. The number of nitrogens with one attached hydrogen (secondary N) is 3. The van der Waals surface area contributed by atoms with E-state index >= 15 is 0 Å². The Kier molecular flexibility index (Phi) is 12.2. The number of aryl methyl sites for hydroxylation is 1. The number of hydrogen-bond acceptors (Lipinski definition) is 11. The molecule has 0 bridgehead atoms. The molecule has 1 heterocycles. The van der Waals surface area contributed by atoms with Gasteiger partial charge in [0.1, 0.15) is 5.52 Å². The molecule has 0 aliphatic heterocycles. The summed E-state index contributed by atoms with van der Waals surface area (Å²) in [6.45, 7) is 2.59. The highest BCUT2D eigenvalue weighted by Crippen LogP contribution is 2.50. The van der Waals surface area contributed by atoms with E-state index in [1.807, 2.05) is 12.1 Å². The third-order valence-corrected chi connectivity index (χ3v) is 8.82. The lowest BCUT2D eigenvalue weighted by Crippen LogP contribution is -2.26. The first kappa shape index (κ1) is 36.8. The number of rotatable bonds is 15. The lowest BCUT2D eigenvalue weighted by molar-refractivity contribution is -0.119. The highest BCUT2D eigenvalue weighted by molar-refractivity contribution is 5.93. The Labute approximate surface area is 295 Å². The molecule has 0 saturated heterocycles. The fourth-order valence-corrected chi connectivity index (χ4v) is 6.37. The Bertz CT molecular complexity index is 2030. The minimum Gasteiger partial charge on any atom is -0.493 e. The van der Waals surface area contributed by atoms with Crippen LogP contribution in [0.1, 0.15) is 56.2 Å². The molecule has 2 amide bonds. The summed E-state index contributed by atoms with van der Waals surface area (Å²) in [6, 6.07) is 11.7. The monoisotopic (exact) mass is 700 g/mol. The van der Waals surface area contributed by atoms with Crippen LogP contribution in [0.15, 0.2) is 52.1 Å². The molecule has 14 nitrogen and oxygen atoms in total. The van der Waals surface area contributed by atoms with E-state index in [2.05, 4.69) is 26.3 Å². The van der Waals surface area contributed by atoms with Crippen molar-refractivity contribution in [3.63, 3.8) is 0 Å². The summed E-state index contributed by atoms with van der Waals surface area (Å²) in [5.41, 5.74) is 4.05. The van der Waals surface area contributed by atoms with Crippen LogP contribution >= 0.6 is 0 Å². The SMILES string of the molecule is COCCn1nnc2ccc(NC(=O)CCCCCNc3ccc4c(cc3=O)[C@H](NC(C)=O)CCc3cc(OC)c(OC)c(OC)c3-4)cc2c1=O. The van der Waals surface area contributed by atoms with Crippen LogP contribution in [0, 0.1) is 0 Å². The zero-order valence-electron chi connectivity index (χ0n) is 29.6. The standard InChI is InChI=1S/C37H44N6O8/c1-22(44)39-28-13-10-23-19-32(49-3)35(50-4)36(51-5)34(23)25-12-15-30(31(45)21-26(25)28)38-16-8-6-7-9-33(46)40-24-11-14-29-27(20-24)37(47)43(42-41-29)17-18-48-2/h11-12,14-15,19-21,28H,6-10,13,16-18H2,1-5H3,(H,38,45)(H,39,44)(H,40,46)/t28-/m1/s1. The number of fused-ring (bicyclic) bond motifs is 4. The van der Waals surface area contributed by atoms with Crippen molar-refractivity contribution in [3.05, 3.63) is 74.2 Å². The van der Waals surface area contributed by atoms with Gasteiger partial charge in [-0.1, -0.05) is 17.7 Å². The quantitative estimate of drug-likeness (QED) is 0.152. The molecule has 1 atom stereocenters. The van der Waals surface area contributed by atoms with Gasteiger partial charge in [-0.2, -0.15) is 0 Å². The lowest BCUT2D eigenvalue weighted by Gasteiger charge is -2.19. The van der Waals surface area contributed by atoms with Crippen molar-refractivity contribution in [1.82, 2.24) is 20.3 Å². The van der Waals surface area contributed by atoms with Crippen LogP contribution in [0.25, 0.3) is 22.0 Å². The van der Waals surface area contributed by atoms with Gasteiger partial charge in [-0.25, -0.2) is 4.68 Å². The van der Waals surface area contributed by atoms with Crippen LogP contribution in [-0.2, 0) is 27.3 Å². The molecule has 51 heavy (non-hydrogen) atoms. The second-order valence-corrected chi connectivity index (χ2v) is 12.2. The van der Waals surface area contributed by atoms with Gasteiger partial charge < -0.3 is 34.9 Å². The first-order valence-corrected chi connectivity index (χ1v) is 16.9. The molecule has 3 N–H and O–H groups in total. The number of nitrogens with zero attached hydrogens (tertiary/aromatic N) is 3. The fourth-order valence-electron chi connectivity index (χ4n) is 6.37. The van der Waals surface area contributed by atoms with Gasteiger partial charge in [-0.3, -0.25) is 19.2 Å². The van der Waals surface area contributed by atoms with Gasteiger partial charge in [0.15, 0.2) is 11.5 Å². The van der Waals surface area contributed by atoms with Crippen LogP contribution in [0.4, 0.5) is 11.4 Å². The van der Waals surface area contributed by atoms with Crippen LogP contribution in [0.3, 0.4) is 0 Å². The van der Waals surface area contributed by atoms with Gasteiger partial charge in [-0.15, -0.1) is 5.10 Å². The molecule has 270 valence electrons. The summed E-state index contributed by atoms with van der Waals surface area (Å²) in [4.78, 5) is 51.2. The van der Waals surface area contributed by atoms with E-state index in [1.54, 1.807) is 58.8 Å². The molecule has 5 rings (SSSR count). The molecule has 0 radical (unpaired) electrons. The number of aromatic nitrogens is 3. The molecular weight excluding hydrogens is 656 g/mol. The Morgan fingerprint density at radius 2 is 1.75 bits per heavy atom. The molecule has 1 aliphatic rings. The van der Waals surface area contributed by atoms with Crippen molar-refractivity contribution in [2.75, 3.05) is 52.2 Å². The van der Waals surface area contributed by atoms with E-state index in [4.69, 9.17) is 18.9 Å². The van der Waals surface area contributed by atoms with Gasteiger partial charge >= 0.3 is 0 Å². The minimum atomic E-state index is -0.395. The van der Waals surface area contributed by atoms with E-state index in [0.29, 0.717) is 83.9 Å². The third kappa shape index (κ3) is 8.46. The molecule has 1 aliphatic carbocycles.